The van der Waals surface area contributed by atoms with Gasteiger partial charge in [0.15, 0.2) is 0 Å². The number of nitrogens with two attached hydrogens (primary N) is 1. The van der Waals surface area contributed by atoms with Gasteiger partial charge in [0.05, 0.1) is 0 Å². The maximum absolute atomic E-state index is 11.9. The van der Waals surface area contributed by atoms with Crippen LogP contribution in [0.5, 0.6) is 0 Å². The second-order valence-electron chi connectivity index (χ2n) is 5.11. The predicted octanol–water partition coefficient (Wildman–Crippen LogP) is 1.41. The van der Waals surface area contributed by atoms with Crippen LogP contribution in [0.4, 0.5) is 5.69 Å². The third-order valence-corrected chi connectivity index (χ3v) is 3.55. The van der Waals surface area contributed by atoms with Crippen molar-refractivity contribution in [1.29, 1.82) is 0 Å². The van der Waals surface area contributed by atoms with E-state index in [1.807, 2.05) is 24.3 Å². The zero-order chi connectivity index (χ0) is 14.4. The molecule has 0 radical (unpaired) electrons. The fourth-order valence-corrected chi connectivity index (χ4v) is 2.35. The lowest BCUT2D eigenvalue weighted by atomic mass is 10.1. The fourth-order valence-electron chi connectivity index (χ4n) is 2.35. The standard InChI is InChI=1S/C15H21N3O2.ClH/c16-12-6-2-1-5-11(12)8-9-14(19)18-13-7-3-4-10-17-15(13)20;/h1-2,5-6,13H,3-4,7-10,16H2,(H,17,20)(H,18,19);1H. The summed E-state index contributed by atoms with van der Waals surface area (Å²) in [4.78, 5) is 23.7. The van der Waals surface area contributed by atoms with Crippen molar-refractivity contribution in [2.75, 3.05) is 12.3 Å². The fraction of sp³-hybridized carbons (Fsp3) is 0.467. The summed E-state index contributed by atoms with van der Waals surface area (Å²) in [5, 5.41) is 5.62. The first-order valence-electron chi connectivity index (χ1n) is 7.07. The van der Waals surface area contributed by atoms with Crippen molar-refractivity contribution >= 4 is 29.9 Å². The molecule has 0 saturated carbocycles. The zero-order valence-corrected chi connectivity index (χ0v) is 12.7. The van der Waals surface area contributed by atoms with Crippen molar-refractivity contribution in [2.45, 2.75) is 38.1 Å². The van der Waals surface area contributed by atoms with Gasteiger partial charge < -0.3 is 16.4 Å². The minimum atomic E-state index is -0.391. The number of carbonyl (C=O) groups is 2. The van der Waals surface area contributed by atoms with Crippen LogP contribution in [0.1, 0.15) is 31.2 Å². The number of nitrogens with one attached hydrogen (secondary N) is 2. The van der Waals surface area contributed by atoms with E-state index in [0.717, 1.165) is 18.4 Å². The Hall–Kier alpha value is -1.75. The van der Waals surface area contributed by atoms with Crippen LogP contribution in [0.25, 0.3) is 0 Å². The average molecular weight is 312 g/mol. The molecule has 0 aromatic heterocycles. The number of amides is 2. The van der Waals surface area contributed by atoms with Crippen LogP contribution >= 0.6 is 12.4 Å². The highest BCUT2D eigenvalue weighted by Gasteiger charge is 2.22. The average Bonchev–Trinajstić information content (AvgIpc) is 2.63. The van der Waals surface area contributed by atoms with Crippen LogP contribution in [-0.4, -0.2) is 24.4 Å². The first-order valence-corrected chi connectivity index (χ1v) is 7.07. The van der Waals surface area contributed by atoms with Crippen molar-refractivity contribution in [3.05, 3.63) is 29.8 Å². The minimum Gasteiger partial charge on any atom is -0.399 e. The number of rotatable bonds is 4. The molecule has 6 heteroatoms. The number of hydrogen-bond donors (Lipinski definition) is 3. The van der Waals surface area contributed by atoms with Crippen LogP contribution in [0.2, 0.25) is 0 Å². The van der Waals surface area contributed by atoms with Crippen LogP contribution < -0.4 is 16.4 Å². The molecule has 1 saturated heterocycles. The van der Waals surface area contributed by atoms with Crippen LogP contribution in [0.3, 0.4) is 0 Å². The Morgan fingerprint density at radius 1 is 1.33 bits per heavy atom. The predicted molar refractivity (Wildman–Crippen MR) is 85.2 cm³/mol. The van der Waals surface area contributed by atoms with Crippen LogP contribution in [-0.2, 0) is 16.0 Å². The molecule has 0 aliphatic carbocycles. The highest BCUT2D eigenvalue weighted by molar-refractivity contribution is 5.87. The third kappa shape index (κ3) is 5.27. The Morgan fingerprint density at radius 3 is 2.86 bits per heavy atom. The molecule has 1 aromatic carbocycles. The van der Waals surface area contributed by atoms with Crippen LogP contribution in [0.15, 0.2) is 24.3 Å². The molecule has 2 rings (SSSR count). The van der Waals surface area contributed by atoms with E-state index >= 15 is 0 Å². The lowest BCUT2D eigenvalue weighted by Crippen LogP contribution is -2.45. The molecule has 5 nitrogen and oxygen atoms in total. The Labute approximate surface area is 131 Å². The van der Waals surface area contributed by atoms with Crippen molar-refractivity contribution in [1.82, 2.24) is 10.6 Å². The first kappa shape index (κ1) is 17.3. The Balaban J connectivity index is 0.00000220. The molecule has 1 aromatic rings. The molecular formula is C15H22ClN3O2. The van der Waals surface area contributed by atoms with E-state index in [-0.39, 0.29) is 24.2 Å². The number of hydrogen-bond acceptors (Lipinski definition) is 3. The SMILES string of the molecule is Cl.Nc1ccccc1CCC(=O)NC1CCCCNC1=O. The number of halogens is 1. The van der Waals surface area contributed by atoms with Crippen molar-refractivity contribution in [3.63, 3.8) is 0 Å². The highest BCUT2D eigenvalue weighted by Crippen LogP contribution is 2.13. The van der Waals surface area contributed by atoms with Gasteiger partial charge in [-0.25, -0.2) is 0 Å². The second-order valence-corrected chi connectivity index (χ2v) is 5.11. The number of carbonyl (C=O) groups excluding carboxylic acids is 2. The van der Waals surface area contributed by atoms with E-state index in [1.165, 1.54) is 0 Å². The summed E-state index contributed by atoms with van der Waals surface area (Å²) < 4.78 is 0. The van der Waals surface area contributed by atoms with Gasteiger partial charge in [-0.05, 0) is 37.3 Å². The van der Waals surface area contributed by atoms with Gasteiger partial charge in [0.2, 0.25) is 11.8 Å². The summed E-state index contributed by atoms with van der Waals surface area (Å²) in [6.07, 6.45) is 3.57. The molecular weight excluding hydrogens is 290 g/mol. The lowest BCUT2D eigenvalue weighted by molar-refractivity contribution is -0.128. The molecule has 4 N–H and O–H groups in total. The van der Waals surface area contributed by atoms with E-state index < -0.39 is 6.04 Å². The topological polar surface area (TPSA) is 84.2 Å². The summed E-state index contributed by atoms with van der Waals surface area (Å²) in [5.41, 5.74) is 7.51. The van der Waals surface area contributed by atoms with Gasteiger partial charge in [0.1, 0.15) is 6.04 Å². The first-order chi connectivity index (χ1) is 9.66. The maximum atomic E-state index is 11.9. The lowest BCUT2D eigenvalue weighted by Gasteiger charge is -2.15. The smallest absolute Gasteiger partial charge is 0.242 e. The van der Waals surface area contributed by atoms with Crippen molar-refractivity contribution < 1.29 is 9.59 Å². The van der Waals surface area contributed by atoms with E-state index in [4.69, 9.17) is 5.73 Å². The highest BCUT2D eigenvalue weighted by atomic mass is 35.5. The molecule has 0 spiro atoms. The molecule has 21 heavy (non-hydrogen) atoms. The quantitative estimate of drug-likeness (QED) is 0.735. The summed E-state index contributed by atoms with van der Waals surface area (Å²) in [7, 11) is 0. The summed E-state index contributed by atoms with van der Waals surface area (Å²) in [6, 6.07) is 7.13. The molecule has 1 fully saturated rings. The normalized spacial score (nSPS) is 18.1. The van der Waals surface area contributed by atoms with E-state index in [2.05, 4.69) is 10.6 Å². The number of aryl methyl sites for hydroxylation is 1. The molecule has 116 valence electrons. The summed E-state index contributed by atoms with van der Waals surface area (Å²) in [5.74, 6) is -0.176. The Bertz CT molecular complexity index is 494. The number of benzene rings is 1. The molecule has 1 aliphatic heterocycles. The zero-order valence-electron chi connectivity index (χ0n) is 11.9. The second kappa shape index (κ2) is 8.52. The molecule has 1 heterocycles. The number of nitrogen functional groups attached to an aromatic ring is 1. The Morgan fingerprint density at radius 2 is 2.10 bits per heavy atom. The van der Waals surface area contributed by atoms with E-state index in [1.54, 1.807) is 0 Å². The third-order valence-electron chi connectivity index (χ3n) is 3.55. The van der Waals surface area contributed by atoms with Gasteiger partial charge >= 0.3 is 0 Å². The van der Waals surface area contributed by atoms with Gasteiger partial charge in [-0.3, -0.25) is 9.59 Å². The number of para-hydroxylation sites is 1. The molecule has 1 atom stereocenters. The number of anilines is 1. The van der Waals surface area contributed by atoms with Crippen molar-refractivity contribution in [2.24, 2.45) is 0 Å². The summed E-state index contributed by atoms with van der Waals surface area (Å²) in [6.45, 7) is 0.700. The Kier molecular flexibility index (Phi) is 7.02. The van der Waals surface area contributed by atoms with Crippen molar-refractivity contribution in [3.8, 4) is 0 Å². The van der Waals surface area contributed by atoms with Gasteiger partial charge in [0.25, 0.3) is 0 Å². The molecule has 1 aliphatic rings. The monoisotopic (exact) mass is 311 g/mol. The maximum Gasteiger partial charge on any atom is 0.242 e. The van der Waals surface area contributed by atoms with E-state index in [0.29, 0.717) is 31.5 Å². The van der Waals surface area contributed by atoms with Gasteiger partial charge in [-0.2, -0.15) is 0 Å². The van der Waals surface area contributed by atoms with Gasteiger partial charge in [-0.1, -0.05) is 18.2 Å². The minimum absolute atomic E-state index is 0. The largest absolute Gasteiger partial charge is 0.399 e. The molecule has 0 bridgehead atoms. The van der Waals surface area contributed by atoms with Gasteiger partial charge in [-0.15, -0.1) is 12.4 Å². The van der Waals surface area contributed by atoms with Crippen LogP contribution in [0, 0.1) is 0 Å². The molecule has 2 amide bonds. The van der Waals surface area contributed by atoms with E-state index in [9.17, 15) is 9.59 Å². The van der Waals surface area contributed by atoms with Gasteiger partial charge in [0, 0.05) is 18.7 Å². The molecule has 1 unspecified atom stereocenters. The summed E-state index contributed by atoms with van der Waals surface area (Å²) >= 11 is 0.